The number of fused-ring (bicyclic) bond motifs is 1. The number of aliphatic carboxylic acids is 2. The maximum atomic E-state index is 10.6. The molecule has 8 nitrogen and oxygen atoms in total. The van der Waals surface area contributed by atoms with Gasteiger partial charge in [-0.3, -0.25) is 0 Å². The van der Waals surface area contributed by atoms with Crippen molar-refractivity contribution >= 4 is 29.0 Å². The Bertz CT molecular complexity index is 909. The number of phenols is 1. The lowest BCUT2D eigenvalue weighted by molar-refractivity contribution is -0.165. The van der Waals surface area contributed by atoms with Gasteiger partial charge in [0.05, 0.1) is 5.69 Å². The second kappa shape index (κ2) is 11.8. The Labute approximate surface area is 191 Å². The van der Waals surface area contributed by atoms with E-state index < -0.39 is 24.1 Å². The molecule has 1 aromatic heterocycles. The average Bonchev–Trinajstić information content (AvgIpc) is 3.30. The van der Waals surface area contributed by atoms with Gasteiger partial charge in [0.1, 0.15) is 5.75 Å². The molecule has 0 spiro atoms. The van der Waals surface area contributed by atoms with Crippen LogP contribution >= 0.6 is 11.3 Å². The van der Waals surface area contributed by atoms with Gasteiger partial charge in [-0.1, -0.05) is 19.4 Å². The molecule has 0 radical (unpaired) electrons. The molecule has 3 rings (SSSR count). The summed E-state index contributed by atoms with van der Waals surface area (Å²) < 4.78 is 0. The summed E-state index contributed by atoms with van der Waals surface area (Å²) in [5, 5.41) is 45.2. The predicted octanol–water partition coefficient (Wildman–Crippen LogP) is 2.53. The normalized spacial score (nSPS) is 14.6. The molecule has 2 unspecified atom stereocenters. The second-order valence-corrected chi connectivity index (χ2v) is 8.81. The maximum Gasteiger partial charge on any atom is 0.335 e. The Morgan fingerprint density at radius 1 is 1.00 bits per heavy atom. The fourth-order valence-electron chi connectivity index (χ4n) is 3.96. The van der Waals surface area contributed by atoms with Crippen LogP contribution in [0.1, 0.15) is 53.3 Å². The number of aliphatic hydroxyl groups is 2. The summed E-state index contributed by atoms with van der Waals surface area (Å²) in [7, 11) is 0. The van der Waals surface area contributed by atoms with Crippen LogP contribution in [0.15, 0.2) is 17.5 Å². The monoisotopic (exact) mass is 465 g/mol. The number of phenolic OH excluding ortho intramolecular Hbond substituents is 1. The highest BCUT2D eigenvalue weighted by Gasteiger charge is 2.29. The molecule has 0 bridgehead atoms. The number of nitrogens with two attached hydrogens (primary N) is 1. The van der Waals surface area contributed by atoms with Crippen molar-refractivity contribution in [3.63, 3.8) is 0 Å². The number of benzene rings is 1. The highest BCUT2D eigenvalue weighted by atomic mass is 32.1. The Kier molecular flexibility index (Phi) is 9.49. The number of anilines is 1. The fraction of sp³-hybridized carbons (Fsp3) is 0.478. The van der Waals surface area contributed by atoms with Gasteiger partial charge >= 0.3 is 11.9 Å². The molecule has 32 heavy (non-hydrogen) atoms. The van der Waals surface area contributed by atoms with E-state index in [9.17, 15) is 14.7 Å². The number of hydrogen-bond donors (Lipinski definition) is 6. The molecule has 0 amide bonds. The first-order chi connectivity index (χ1) is 15.2. The first-order valence-corrected chi connectivity index (χ1v) is 11.5. The summed E-state index contributed by atoms with van der Waals surface area (Å²) in [5.74, 6) is -3.17. The van der Waals surface area contributed by atoms with Crippen molar-refractivity contribution in [2.24, 2.45) is 0 Å². The van der Waals surface area contributed by atoms with E-state index in [0.29, 0.717) is 11.4 Å². The highest BCUT2D eigenvalue weighted by molar-refractivity contribution is 7.09. The summed E-state index contributed by atoms with van der Waals surface area (Å²) in [6.45, 7) is 2.22. The molecule has 176 valence electrons. The number of aliphatic hydroxyl groups excluding tert-OH is 2. The van der Waals surface area contributed by atoms with Gasteiger partial charge in [0, 0.05) is 4.88 Å². The first kappa shape index (κ1) is 25.6. The van der Waals surface area contributed by atoms with Crippen molar-refractivity contribution in [3.05, 3.63) is 44.6 Å². The molecule has 9 heteroatoms. The molecule has 7 N–H and O–H groups in total. The SMILES string of the molecule is CCCc1c(CCc2cccs2)c(N)c(O)c2c1CCCC2.O=C(O)C(O)C(O)C(=O)O. The standard InChI is InChI=1S/C19H25NOS.C4H6O6/c1-2-6-14-15-8-3-4-9-17(15)19(21)18(20)16(14)11-10-13-7-5-12-22-13;5-1(3(7)8)2(6)4(9)10/h5,7,12,21H,2-4,6,8-11,20H2,1H3;1-2,5-6H,(H,7,8)(H,9,10). The zero-order valence-electron chi connectivity index (χ0n) is 18.1. The fourth-order valence-corrected chi connectivity index (χ4v) is 4.67. The molecule has 0 saturated heterocycles. The van der Waals surface area contributed by atoms with E-state index >= 15 is 0 Å². The van der Waals surface area contributed by atoms with Crippen LogP contribution in [0.5, 0.6) is 5.75 Å². The Morgan fingerprint density at radius 3 is 2.09 bits per heavy atom. The van der Waals surface area contributed by atoms with E-state index in [0.717, 1.165) is 44.1 Å². The van der Waals surface area contributed by atoms with E-state index in [1.54, 1.807) is 11.3 Å². The summed E-state index contributed by atoms with van der Waals surface area (Å²) in [5.41, 5.74) is 12.1. The molecule has 0 saturated carbocycles. The van der Waals surface area contributed by atoms with Gasteiger partial charge in [0.15, 0.2) is 12.2 Å². The zero-order chi connectivity index (χ0) is 23.8. The molecule has 1 aliphatic rings. The van der Waals surface area contributed by atoms with Crippen molar-refractivity contribution in [1.29, 1.82) is 0 Å². The van der Waals surface area contributed by atoms with Gasteiger partial charge < -0.3 is 31.3 Å². The Morgan fingerprint density at radius 2 is 1.59 bits per heavy atom. The van der Waals surface area contributed by atoms with Gasteiger partial charge in [-0.25, -0.2) is 9.59 Å². The molecule has 1 aliphatic carbocycles. The van der Waals surface area contributed by atoms with E-state index in [1.165, 1.54) is 34.4 Å². The lowest BCUT2D eigenvalue weighted by atomic mass is 9.82. The lowest BCUT2D eigenvalue weighted by Gasteiger charge is -2.25. The molecule has 1 aromatic carbocycles. The van der Waals surface area contributed by atoms with Crippen LogP contribution in [-0.2, 0) is 41.7 Å². The number of aryl methyl sites for hydroxylation is 1. The van der Waals surface area contributed by atoms with Crippen LogP contribution < -0.4 is 5.73 Å². The van der Waals surface area contributed by atoms with Crippen molar-refractivity contribution < 1.29 is 35.1 Å². The van der Waals surface area contributed by atoms with Crippen LogP contribution in [0.4, 0.5) is 5.69 Å². The van der Waals surface area contributed by atoms with Crippen LogP contribution in [0.25, 0.3) is 0 Å². The molecular formula is C23H31NO7S. The van der Waals surface area contributed by atoms with Crippen molar-refractivity contribution in [2.75, 3.05) is 5.73 Å². The molecule has 0 aliphatic heterocycles. The molecule has 2 aromatic rings. The Hall–Kier alpha value is -2.62. The van der Waals surface area contributed by atoms with Gasteiger partial charge in [-0.05, 0) is 78.6 Å². The number of carboxylic acids is 2. The van der Waals surface area contributed by atoms with Crippen molar-refractivity contribution in [1.82, 2.24) is 0 Å². The van der Waals surface area contributed by atoms with Gasteiger partial charge in [0.2, 0.25) is 0 Å². The number of rotatable bonds is 8. The second-order valence-electron chi connectivity index (χ2n) is 7.78. The third-order valence-electron chi connectivity index (χ3n) is 5.57. The predicted molar refractivity (Wildman–Crippen MR) is 122 cm³/mol. The summed E-state index contributed by atoms with van der Waals surface area (Å²) >= 11 is 1.80. The largest absolute Gasteiger partial charge is 0.505 e. The number of hydrogen-bond acceptors (Lipinski definition) is 7. The number of aromatic hydroxyl groups is 1. The van der Waals surface area contributed by atoms with Crippen molar-refractivity contribution in [2.45, 2.75) is 70.5 Å². The third kappa shape index (κ3) is 6.21. The number of carbonyl (C=O) groups is 2. The van der Waals surface area contributed by atoms with Crippen molar-refractivity contribution in [3.8, 4) is 5.75 Å². The number of thiophene rings is 1. The van der Waals surface area contributed by atoms with E-state index in [2.05, 4.69) is 24.4 Å². The Balaban J connectivity index is 0.000000309. The minimum Gasteiger partial charge on any atom is -0.505 e. The van der Waals surface area contributed by atoms with Crippen LogP contribution in [0, 0.1) is 0 Å². The zero-order valence-corrected chi connectivity index (χ0v) is 18.9. The lowest BCUT2D eigenvalue weighted by Crippen LogP contribution is -2.39. The third-order valence-corrected chi connectivity index (χ3v) is 6.51. The minimum atomic E-state index is -2.27. The van der Waals surface area contributed by atoms with Gasteiger partial charge in [-0.2, -0.15) is 0 Å². The molecule has 0 fully saturated rings. The van der Waals surface area contributed by atoms with E-state index in [-0.39, 0.29) is 0 Å². The average molecular weight is 466 g/mol. The highest BCUT2D eigenvalue weighted by Crippen LogP contribution is 2.40. The van der Waals surface area contributed by atoms with Crippen LogP contribution in [0.2, 0.25) is 0 Å². The van der Waals surface area contributed by atoms with Gasteiger partial charge in [-0.15, -0.1) is 11.3 Å². The topological polar surface area (TPSA) is 161 Å². The molecule has 1 heterocycles. The van der Waals surface area contributed by atoms with Gasteiger partial charge in [0.25, 0.3) is 0 Å². The molecule has 2 atom stereocenters. The molecular weight excluding hydrogens is 434 g/mol. The van der Waals surface area contributed by atoms with Crippen LogP contribution in [0.3, 0.4) is 0 Å². The maximum absolute atomic E-state index is 10.6. The minimum absolute atomic E-state index is 0.371. The quantitative estimate of drug-likeness (QED) is 0.256. The first-order valence-electron chi connectivity index (χ1n) is 10.7. The smallest absolute Gasteiger partial charge is 0.335 e. The van der Waals surface area contributed by atoms with Crippen LogP contribution in [-0.4, -0.2) is 49.7 Å². The summed E-state index contributed by atoms with van der Waals surface area (Å²) in [6, 6.07) is 4.28. The summed E-state index contributed by atoms with van der Waals surface area (Å²) in [6.07, 6.45) is 4.10. The number of carboxylic acid groups (broad SMARTS) is 2. The summed E-state index contributed by atoms with van der Waals surface area (Å²) in [4.78, 5) is 20.9. The van der Waals surface area contributed by atoms with E-state index in [4.69, 9.17) is 26.2 Å². The van der Waals surface area contributed by atoms with E-state index in [1.807, 2.05) is 0 Å². The number of nitrogen functional groups attached to an aromatic ring is 1.